The van der Waals surface area contributed by atoms with Gasteiger partial charge in [-0.05, 0) is 30.7 Å². The summed E-state index contributed by atoms with van der Waals surface area (Å²) in [5.41, 5.74) is 0.649. The molecule has 0 radical (unpaired) electrons. The van der Waals surface area contributed by atoms with Crippen LogP contribution in [0.2, 0.25) is 0 Å². The molecule has 1 amide bonds. The molecule has 1 atom stereocenters. The molecule has 0 aliphatic heterocycles. The Labute approximate surface area is 180 Å². The van der Waals surface area contributed by atoms with Gasteiger partial charge in [0.1, 0.15) is 11.5 Å². The van der Waals surface area contributed by atoms with E-state index in [-0.39, 0.29) is 18.3 Å². The molecule has 3 aromatic rings. The number of aromatic nitrogens is 2. The van der Waals surface area contributed by atoms with Crippen LogP contribution >= 0.6 is 0 Å². The summed E-state index contributed by atoms with van der Waals surface area (Å²) in [4.78, 5) is 16.9. The fourth-order valence-electron chi connectivity index (χ4n) is 2.89. The van der Waals surface area contributed by atoms with E-state index in [9.17, 15) is 4.79 Å². The third-order valence-corrected chi connectivity index (χ3v) is 4.53. The third-order valence-electron chi connectivity index (χ3n) is 4.53. The number of benzene rings is 2. The van der Waals surface area contributed by atoms with Crippen LogP contribution in [0.5, 0.6) is 23.0 Å². The first-order valence-electron chi connectivity index (χ1n) is 9.72. The zero-order chi connectivity index (χ0) is 22.2. The van der Waals surface area contributed by atoms with Gasteiger partial charge in [-0.15, -0.1) is 0 Å². The van der Waals surface area contributed by atoms with E-state index in [1.807, 2.05) is 19.1 Å². The van der Waals surface area contributed by atoms with E-state index in [4.69, 9.17) is 23.5 Å². The normalized spacial score (nSPS) is 11.5. The van der Waals surface area contributed by atoms with Crippen LogP contribution in [0.1, 0.15) is 19.2 Å². The Morgan fingerprint density at radius 1 is 1.03 bits per heavy atom. The highest BCUT2D eigenvalue weighted by molar-refractivity contribution is 5.81. The molecule has 0 fully saturated rings. The molecule has 0 aliphatic carbocycles. The Kier molecular flexibility index (Phi) is 7.31. The number of para-hydroxylation sites is 2. The van der Waals surface area contributed by atoms with Gasteiger partial charge in [-0.1, -0.05) is 24.2 Å². The summed E-state index contributed by atoms with van der Waals surface area (Å²) < 4.78 is 26.9. The van der Waals surface area contributed by atoms with E-state index < -0.39 is 6.10 Å². The van der Waals surface area contributed by atoms with E-state index in [1.54, 1.807) is 51.7 Å². The summed E-state index contributed by atoms with van der Waals surface area (Å²) in [6.45, 7) is 1.93. The van der Waals surface area contributed by atoms with Crippen molar-refractivity contribution in [3.63, 3.8) is 0 Å². The van der Waals surface area contributed by atoms with Gasteiger partial charge in [0.2, 0.25) is 11.7 Å². The van der Waals surface area contributed by atoms with Crippen LogP contribution in [0.3, 0.4) is 0 Å². The standard InChI is InChI=1S/C22H25N3O6/c1-5-16(30-18-9-7-6-8-17(18)28-3)22(26)23-13-20-24-21(25-31-20)15-11-10-14(27-2)12-19(15)29-4/h6-12,16H,5,13H2,1-4H3,(H,23,26)/t16-/m0/s1. The van der Waals surface area contributed by atoms with E-state index in [0.29, 0.717) is 40.8 Å². The molecule has 31 heavy (non-hydrogen) atoms. The lowest BCUT2D eigenvalue weighted by Gasteiger charge is -2.18. The van der Waals surface area contributed by atoms with Gasteiger partial charge in [0.25, 0.3) is 5.91 Å². The Hall–Kier alpha value is -3.75. The summed E-state index contributed by atoms with van der Waals surface area (Å²) in [6.07, 6.45) is -0.220. The van der Waals surface area contributed by atoms with Gasteiger partial charge in [0.15, 0.2) is 17.6 Å². The lowest BCUT2D eigenvalue weighted by atomic mass is 10.2. The first kappa shape index (κ1) is 21.9. The van der Waals surface area contributed by atoms with Crippen LogP contribution < -0.4 is 24.3 Å². The van der Waals surface area contributed by atoms with Crippen molar-refractivity contribution in [1.29, 1.82) is 0 Å². The molecule has 0 aliphatic rings. The third kappa shape index (κ3) is 5.25. The second-order valence-electron chi connectivity index (χ2n) is 6.46. The van der Waals surface area contributed by atoms with E-state index in [0.717, 1.165) is 0 Å². The highest BCUT2D eigenvalue weighted by atomic mass is 16.5. The quantitative estimate of drug-likeness (QED) is 0.526. The maximum atomic E-state index is 12.6. The van der Waals surface area contributed by atoms with Crippen molar-refractivity contribution < 1.29 is 28.3 Å². The number of ether oxygens (including phenoxy) is 4. The minimum atomic E-state index is -0.694. The molecule has 0 bridgehead atoms. The molecule has 9 nitrogen and oxygen atoms in total. The first-order chi connectivity index (χ1) is 15.1. The zero-order valence-corrected chi connectivity index (χ0v) is 17.9. The summed E-state index contributed by atoms with van der Waals surface area (Å²) in [5.74, 6) is 2.57. The monoisotopic (exact) mass is 427 g/mol. The van der Waals surface area contributed by atoms with Crippen LogP contribution in [-0.4, -0.2) is 43.5 Å². The van der Waals surface area contributed by atoms with Crippen LogP contribution in [-0.2, 0) is 11.3 Å². The van der Waals surface area contributed by atoms with Gasteiger partial charge < -0.3 is 28.8 Å². The molecule has 1 N–H and O–H groups in total. The number of hydrogen-bond donors (Lipinski definition) is 1. The summed E-state index contributed by atoms with van der Waals surface area (Å²) in [5, 5.41) is 6.75. The minimum Gasteiger partial charge on any atom is -0.497 e. The predicted molar refractivity (Wildman–Crippen MR) is 112 cm³/mol. The van der Waals surface area contributed by atoms with E-state index in [1.165, 1.54) is 0 Å². The van der Waals surface area contributed by atoms with Gasteiger partial charge in [0.05, 0.1) is 33.4 Å². The number of rotatable bonds is 10. The maximum Gasteiger partial charge on any atom is 0.261 e. The molecule has 3 rings (SSSR count). The maximum absolute atomic E-state index is 12.6. The summed E-state index contributed by atoms with van der Waals surface area (Å²) in [7, 11) is 4.67. The fourth-order valence-corrected chi connectivity index (χ4v) is 2.89. The van der Waals surface area contributed by atoms with Crippen LogP contribution in [0.15, 0.2) is 47.0 Å². The van der Waals surface area contributed by atoms with Crippen LogP contribution in [0.25, 0.3) is 11.4 Å². The first-order valence-corrected chi connectivity index (χ1v) is 9.72. The lowest BCUT2D eigenvalue weighted by molar-refractivity contribution is -0.128. The number of amides is 1. The topological polar surface area (TPSA) is 105 Å². The zero-order valence-electron chi connectivity index (χ0n) is 17.9. The lowest BCUT2D eigenvalue weighted by Crippen LogP contribution is -2.37. The van der Waals surface area contributed by atoms with Crippen molar-refractivity contribution in [1.82, 2.24) is 15.5 Å². The summed E-state index contributed by atoms with van der Waals surface area (Å²) >= 11 is 0. The predicted octanol–water partition coefficient (Wildman–Crippen LogP) is 3.24. The number of methoxy groups -OCH3 is 3. The van der Waals surface area contributed by atoms with Crippen LogP contribution in [0.4, 0.5) is 0 Å². The number of carbonyl (C=O) groups excluding carboxylic acids is 1. The fraction of sp³-hybridized carbons (Fsp3) is 0.318. The van der Waals surface area contributed by atoms with E-state index >= 15 is 0 Å². The smallest absolute Gasteiger partial charge is 0.261 e. The Bertz CT molecular complexity index is 1020. The Morgan fingerprint density at radius 3 is 2.45 bits per heavy atom. The molecular weight excluding hydrogens is 402 g/mol. The molecular formula is C22H25N3O6. The average Bonchev–Trinajstić information content (AvgIpc) is 3.29. The number of hydrogen-bond acceptors (Lipinski definition) is 8. The number of nitrogens with one attached hydrogen (secondary N) is 1. The average molecular weight is 427 g/mol. The van der Waals surface area contributed by atoms with Gasteiger partial charge >= 0.3 is 0 Å². The molecule has 0 saturated heterocycles. The van der Waals surface area contributed by atoms with Gasteiger partial charge in [-0.25, -0.2) is 0 Å². The van der Waals surface area contributed by atoms with Gasteiger partial charge in [-0.2, -0.15) is 4.98 Å². The largest absolute Gasteiger partial charge is 0.497 e. The van der Waals surface area contributed by atoms with Crippen molar-refractivity contribution in [3.05, 3.63) is 48.4 Å². The van der Waals surface area contributed by atoms with E-state index in [2.05, 4.69) is 15.5 Å². The highest BCUT2D eigenvalue weighted by Crippen LogP contribution is 2.31. The number of carbonyl (C=O) groups is 1. The Balaban J connectivity index is 1.65. The molecule has 9 heteroatoms. The molecule has 1 aromatic heterocycles. The highest BCUT2D eigenvalue weighted by Gasteiger charge is 2.21. The summed E-state index contributed by atoms with van der Waals surface area (Å²) in [6, 6.07) is 12.5. The number of nitrogens with zero attached hydrogens (tertiary/aromatic N) is 2. The SMILES string of the molecule is CC[C@H](Oc1ccccc1OC)C(=O)NCc1nc(-c2ccc(OC)cc2OC)no1. The van der Waals surface area contributed by atoms with Gasteiger partial charge in [0, 0.05) is 6.07 Å². The molecule has 0 spiro atoms. The molecule has 0 saturated carbocycles. The molecule has 1 heterocycles. The Morgan fingerprint density at radius 2 is 1.77 bits per heavy atom. The van der Waals surface area contributed by atoms with Crippen LogP contribution in [0, 0.1) is 0 Å². The van der Waals surface area contributed by atoms with Crippen molar-refractivity contribution in [2.45, 2.75) is 26.0 Å². The van der Waals surface area contributed by atoms with Gasteiger partial charge in [-0.3, -0.25) is 4.79 Å². The molecule has 0 unspecified atom stereocenters. The van der Waals surface area contributed by atoms with Crippen molar-refractivity contribution in [2.24, 2.45) is 0 Å². The molecule has 164 valence electrons. The minimum absolute atomic E-state index is 0.0656. The van der Waals surface area contributed by atoms with Crippen molar-refractivity contribution in [3.8, 4) is 34.4 Å². The molecule has 2 aromatic carbocycles. The second kappa shape index (κ2) is 10.3. The van der Waals surface area contributed by atoms with Crippen molar-refractivity contribution in [2.75, 3.05) is 21.3 Å². The van der Waals surface area contributed by atoms with Crippen molar-refractivity contribution >= 4 is 5.91 Å². The second-order valence-corrected chi connectivity index (χ2v) is 6.46.